The van der Waals surface area contributed by atoms with Crippen molar-refractivity contribution in [2.45, 2.75) is 4.90 Å². The SMILES string of the molecule is CS(=O)(=O)c1ccc(-c2cn3nc(Br)sc3n2)c(F)c1. The van der Waals surface area contributed by atoms with Gasteiger partial charge in [-0.05, 0) is 34.1 Å². The predicted octanol–water partition coefficient (Wildman–Crippen LogP) is 2.76. The first-order chi connectivity index (χ1) is 9.34. The largest absolute Gasteiger partial charge is 0.224 e. The van der Waals surface area contributed by atoms with Crippen LogP contribution in [0.15, 0.2) is 33.2 Å². The number of fused-ring (bicyclic) bond motifs is 1. The summed E-state index contributed by atoms with van der Waals surface area (Å²) in [4.78, 5) is 4.82. The standard InChI is InChI=1S/C11H7BrFN3O2S2/c1-20(17,18)6-2-3-7(8(13)4-6)9-5-16-11(14-9)19-10(12)15-16/h2-5H,1H3. The van der Waals surface area contributed by atoms with E-state index >= 15 is 0 Å². The van der Waals surface area contributed by atoms with Crippen molar-refractivity contribution in [2.24, 2.45) is 0 Å². The molecule has 0 spiro atoms. The van der Waals surface area contributed by atoms with Gasteiger partial charge in [0, 0.05) is 11.8 Å². The minimum absolute atomic E-state index is 0.0550. The molecule has 1 aromatic carbocycles. The minimum Gasteiger partial charge on any atom is -0.224 e. The van der Waals surface area contributed by atoms with Gasteiger partial charge in [-0.25, -0.2) is 22.3 Å². The van der Waals surface area contributed by atoms with E-state index in [4.69, 9.17) is 0 Å². The van der Waals surface area contributed by atoms with E-state index in [9.17, 15) is 12.8 Å². The van der Waals surface area contributed by atoms with Crippen molar-refractivity contribution in [3.63, 3.8) is 0 Å². The molecule has 0 radical (unpaired) electrons. The zero-order valence-corrected chi connectivity index (χ0v) is 13.3. The quantitative estimate of drug-likeness (QED) is 0.690. The van der Waals surface area contributed by atoms with Crippen LogP contribution in [0.4, 0.5) is 4.39 Å². The Balaban J connectivity index is 2.12. The summed E-state index contributed by atoms with van der Waals surface area (Å²) in [5.41, 5.74) is 0.653. The second-order valence-electron chi connectivity index (χ2n) is 4.12. The van der Waals surface area contributed by atoms with Gasteiger partial charge in [-0.15, -0.1) is 5.10 Å². The molecular weight excluding hydrogens is 369 g/mol. The van der Waals surface area contributed by atoms with Crippen LogP contribution < -0.4 is 0 Å². The van der Waals surface area contributed by atoms with Crippen LogP contribution in [0.3, 0.4) is 0 Å². The highest BCUT2D eigenvalue weighted by Crippen LogP contribution is 2.27. The van der Waals surface area contributed by atoms with Gasteiger partial charge >= 0.3 is 0 Å². The van der Waals surface area contributed by atoms with Gasteiger partial charge in [0.15, 0.2) is 13.8 Å². The Kier molecular flexibility index (Phi) is 3.14. The number of hydrogen-bond acceptors (Lipinski definition) is 5. The smallest absolute Gasteiger partial charge is 0.213 e. The summed E-state index contributed by atoms with van der Waals surface area (Å²) in [6.07, 6.45) is 2.63. The van der Waals surface area contributed by atoms with Gasteiger partial charge in [0.25, 0.3) is 0 Å². The molecule has 0 fully saturated rings. The molecule has 2 heterocycles. The summed E-state index contributed by atoms with van der Waals surface area (Å²) in [5.74, 6) is -0.627. The summed E-state index contributed by atoms with van der Waals surface area (Å²) in [5, 5.41) is 4.12. The molecule has 0 aliphatic carbocycles. The van der Waals surface area contributed by atoms with E-state index in [0.29, 0.717) is 14.6 Å². The van der Waals surface area contributed by atoms with Gasteiger partial charge < -0.3 is 0 Å². The van der Waals surface area contributed by atoms with E-state index in [0.717, 1.165) is 12.3 Å². The van der Waals surface area contributed by atoms with Crippen LogP contribution in [-0.4, -0.2) is 29.3 Å². The lowest BCUT2D eigenvalue weighted by molar-refractivity contribution is 0.596. The van der Waals surface area contributed by atoms with Crippen molar-refractivity contribution in [3.05, 3.63) is 34.1 Å². The van der Waals surface area contributed by atoms with Crippen molar-refractivity contribution >= 4 is 42.1 Å². The second-order valence-corrected chi connectivity index (χ2v) is 8.37. The molecule has 0 bridgehead atoms. The summed E-state index contributed by atoms with van der Waals surface area (Å²) in [6, 6.07) is 3.78. The average Bonchev–Trinajstić information content (AvgIpc) is 2.84. The summed E-state index contributed by atoms with van der Waals surface area (Å²) in [6.45, 7) is 0. The van der Waals surface area contributed by atoms with Crippen LogP contribution in [0.2, 0.25) is 0 Å². The fourth-order valence-electron chi connectivity index (χ4n) is 1.74. The lowest BCUT2D eigenvalue weighted by Gasteiger charge is -2.02. The molecule has 0 saturated heterocycles. The molecule has 0 aliphatic rings. The fraction of sp³-hybridized carbons (Fsp3) is 0.0909. The van der Waals surface area contributed by atoms with Gasteiger partial charge in [0.05, 0.1) is 16.8 Å². The number of hydrogen-bond donors (Lipinski definition) is 0. The molecule has 3 rings (SSSR count). The summed E-state index contributed by atoms with van der Waals surface area (Å²) < 4.78 is 39.0. The van der Waals surface area contributed by atoms with Gasteiger partial charge in [-0.1, -0.05) is 11.3 Å². The third kappa shape index (κ3) is 2.36. The molecule has 2 aromatic heterocycles. The molecule has 20 heavy (non-hydrogen) atoms. The van der Waals surface area contributed by atoms with Crippen molar-refractivity contribution in [1.29, 1.82) is 0 Å². The highest BCUT2D eigenvalue weighted by atomic mass is 79.9. The van der Waals surface area contributed by atoms with Gasteiger partial charge in [-0.2, -0.15) is 0 Å². The van der Waals surface area contributed by atoms with E-state index in [-0.39, 0.29) is 10.5 Å². The van der Waals surface area contributed by atoms with Gasteiger partial charge in [0.2, 0.25) is 4.96 Å². The maximum atomic E-state index is 14.0. The monoisotopic (exact) mass is 375 g/mol. The number of sulfone groups is 1. The number of nitrogens with zero attached hydrogens (tertiary/aromatic N) is 3. The molecule has 5 nitrogen and oxygen atoms in total. The molecule has 3 aromatic rings. The lowest BCUT2D eigenvalue weighted by Crippen LogP contribution is -1.98. The maximum Gasteiger partial charge on any atom is 0.213 e. The topological polar surface area (TPSA) is 64.3 Å². The molecule has 0 atom stereocenters. The Morgan fingerprint density at radius 3 is 2.75 bits per heavy atom. The van der Waals surface area contributed by atoms with E-state index in [1.54, 1.807) is 6.20 Å². The fourth-order valence-corrected chi connectivity index (χ4v) is 3.59. The van der Waals surface area contributed by atoms with Crippen molar-refractivity contribution in [3.8, 4) is 11.3 Å². The Morgan fingerprint density at radius 2 is 2.15 bits per heavy atom. The summed E-state index contributed by atoms with van der Waals surface area (Å²) in [7, 11) is -3.43. The molecule has 0 saturated carbocycles. The van der Waals surface area contributed by atoms with Crippen LogP contribution in [0.25, 0.3) is 16.2 Å². The average molecular weight is 376 g/mol. The molecule has 104 valence electrons. The summed E-state index contributed by atoms with van der Waals surface area (Å²) >= 11 is 4.56. The first-order valence-electron chi connectivity index (χ1n) is 5.36. The highest BCUT2D eigenvalue weighted by Gasteiger charge is 2.15. The third-order valence-electron chi connectivity index (χ3n) is 2.66. The molecule has 9 heteroatoms. The Hall–Kier alpha value is -1.32. The number of halogens is 2. The first kappa shape index (κ1) is 13.7. The van der Waals surface area contributed by atoms with Gasteiger partial charge in [0.1, 0.15) is 5.82 Å². The van der Waals surface area contributed by atoms with Crippen LogP contribution in [-0.2, 0) is 9.84 Å². The number of benzene rings is 1. The van der Waals surface area contributed by atoms with E-state index in [1.165, 1.54) is 28.0 Å². The Morgan fingerprint density at radius 1 is 1.40 bits per heavy atom. The maximum absolute atomic E-state index is 14.0. The molecular formula is C11H7BrFN3O2S2. The molecule has 0 amide bonds. The Bertz CT molecular complexity index is 886. The first-order valence-corrected chi connectivity index (χ1v) is 8.86. The number of aromatic nitrogens is 3. The predicted molar refractivity (Wildman–Crippen MR) is 77.1 cm³/mol. The van der Waals surface area contributed by atoms with Crippen LogP contribution >= 0.6 is 27.3 Å². The van der Waals surface area contributed by atoms with E-state index in [1.807, 2.05) is 0 Å². The van der Waals surface area contributed by atoms with Gasteiger partial charge in [-0.3, -0.25) is 0 Å². The highest BCUT2D eigenvalue weighted by molar-refractivity contribution is 9.11. The van der Waals surface area contributed by atoms with Crippen LogP contribution in [0, 0.1) is 5.82 Å². The number of imidazole rings is 1. The van der Waals surface area contributed by atoms with Crippen molar-refractivity contribution in [2.75, 3.05) is 6.26 Å². The van der Waals surface area contributed by atoms with Crippen LogP contribution in [0.1, 0.15) is 0 Å². The van der Waals surface area contributed by atoms with Crippen molar-refractivity contribution in [1.82, 2.24) is 14.6 Å². The van der Waals surface area contributed by atoms with E-state index < -0.39 is 15.7 Å². The minimum atomic E-state index is -3.43. The number of rotatable bonds is 2. The molecule has 0 N–H and O–H groups in total. The Labute approximate surface area is 126 Å². The normalized spacial score (nSPS) is 12.2. The van der Waals surface area contributed by atoms with Crippen molar-refractivity contribution < 1.29 is 12.8 Å². The lowest BCUT2D eigenvalue weighted by atomic mass is 10.1. The van der Waals surface area contributed by atoms with Crippen LogP contribution in [0.5, 0.6) is 0 Å². The third-order valence-corrected chi connectivity index (χ3v) is 5.13. The molecule has 0 unspecified atom stereocenters. The zero-order valence-electron chi connectivity index (χ0n) is 10.0. The second kappa shape index (κ2) is 4.61. The zero-order chi connectivity index (χ0) is 14.5. The van der Waals surface area contributed by atoms with E-state index in [2.05, 4.69) is 26.0 Å². The molecule has 0 aliphatic heterocycles.